The fraction of sp³-hybridized carbons (Fsp3) is 0.429. The van der Waals surface area contributed by atoms with E-state index >= 15 is 0 Å². The molecule has 1 aliphatic heterocycles. The van der Waals surface area contributed by atoms with Gasteiger partial charge in [0.2, 0.25) is 0 Å². The van der Waals surface area contributed by atoms with E-state index in [1.54, 1.807) is 43.3 Å². The lowest BCUT2D eigenvalue weighted by Crippen LogP contribution is -2.62. The number of nitrogens with zero attached hydrogens (tertiary/aromatic N) is 1. The number of halogens is 3. The SMILES string of the molecule is Cc1ccc(C(=O)N[C@@]2(c3ccccc3)CCN(CCC(F)(F)F)C[C@H]2O)c(=O)[nH]1. The van der Waals surface area contributed by atoms with E-state index in [2.05, 4.69) is 10.3 Å². The number of aromatic amines is 1. The maximum atomic E-state index is 12.9. The van der Waals surface area contributed by atoms with Crippen LogP contribution in [-0.4, -0.2) is 52.8 Å². The maximum absolute atomic E-state index is 12.9. The standard InChI is InChI=1S/C21H24F3N3O3/c1-14-7-8-16(18(29)25-14)19(30)26-20(15-5-3-2-4-6-15)9-11-27(13-17(20)28)12-10-21(22,23)24/h2-8,17,28H,9-13H2,1H3,(H,25,29)(H,26,30)/t17-,20-/m1/s1. The molecule has 1 aromatic carbocycles. The molecule has 3 rings (SSSR count). The number of H-pyrrole nitrogens is 1. The first-order chi connectivity index (χ1) is 14.1. The minimum Gasteiger partial charge on any atom is -0.389 e. The van der Waals surface area contributed by atoms with Crippen LogP contribution in [0.3, 0.4) is 0 Å². The first-order valence-electron chi connectivity index (χ1n) is 9.66. The van der Waals surface area contributed by atoms with E-state index in [-0.39, 0.29) is 31.6 Å². The fourth-order valence-corrected chi connectivity index (χ4v) is 3.79. The Morgan fingerprint density at radius 3 is 2.57 bits per heavy atom. The summed E-state index contributed by atoms with van der Waals surface area (Å²) >= 11 is 0. The monoisotopic (exact) mass is 423 g/mol. The molecule has 1 aromatic heterocycles. The van der Waals surface area contributed by atoms with Gasteiger partial charge in [-0.2, -0.15) is 13.2 Å². The first kappa shape index (κ1) is 22.0. The Balaban J connectivity index is 1.86. The van der Waals surface area contributed by atoms with Gasteiger partial charge in [-0.05, 0) is 31.0 Å². The number of pyridine rings is 1. The van der Waals surface area contributed by atoms with Crippen molar-refractivity contribution in [2.24, 2.45) is 0 Å². The summed E-state index contributed by atoms with van der Waals surface area (Å²) in [6, 6.07) is 11.8. The van der Waals surface area contributed by atoms with Crippen LogP contribution in [0.15, 0.2) is 47.3 Å². The molecule has 0 spiro atoms. The van der Waals surface area contributed by atoms with Crippen molar-refractivity contribution in [3.05, 3.63) is 69.6 Å². The summed E-state index contributed by atoms with van der Waals surface area (Å²) in [5.41, 5.74) is -0.627. The van der Waals surface area contributed by atoms with Crippen molar-refractivity contribution in [3.63, 3.8) is 0 Å². The molecule has 1 fully saturated rings. The van der Waals surface area contributed by atoms with E-state index < -0.39 is 35.7 Å². The number of nitrogens with one attached hydrogen (secondary N) is 2. The molecule has 1 saturated heterocycles. The number of amides is 1. The quantitative estimate of drug-likeness (QED) is 0.689. The Kier molecular flexibility index (Phi) is 6.33. The molecule has 2 atom stereocenters. The van der Waals surface area contributed by atoms with Gasteiger partial charge >= 0.3 is 6.18 Å². The minimum absolute atomic E-state index is 0.0322. The number of aromatic nitrogens is 1. The highest BCUT2D eigenvalue weighted by Gasteiger charge is 2.45. The van der Waals surface area contributed by atoms with Crippen molar-refractivity contribution in [2.45, 2.75) is 37.6 Å². The number of benzene rings is 1. The predicted molar refractivity (Wildman–Crippen MR) is 105 cm³/mol. The van der Waals surface area contributed by atoms with Gasteiger partial charge in [0, 0.05) is 25.3 Å². The molecule has 2 aromatic rings. The number of carbonyl (C=O) groups excluding carboxylic acids is 1. The third-order valence-electron chi connectivity index (χ3n) is 5.46. The van der Waals surface area contributed by atoms with Crippen LogP contribution in [0.4, 0.5) is 13.2 Å². The molecule has 30 heavy (non-hydrogen) atoms. The highest BCUT2D eigenvalue weighted by atomic mass is 19.4. The van der Waals surface area contributed by atoms with Crippen molar-refractivity contribution >= 4 is 5.91 Å². The lowest BCUT2D eigenvalue weighted by Gasteiger charge is -2.46. The Morgan fingerprint density at radius 2 is 1.97 bits per heavy atom. The van der Waals surface area contributed by atoms with Crippen LogP contribution in [0.2, 0.25) is 0 Å². The third-order valence-corrected chi connectivity index (χ3v) is 5.46. The van der Waals surface area contributed by atoms with E-state index in [1.807, 2.05) is 0 Å². The molecule has 0 bridgehead atoms. The molecule has 0 saturated carbocycles. The summed E-state index contributed by atoms with van der Waals surface area (Å²) in [5, 5.41) is 13.8. The number of aryl methyl sites for hydroxylation is 1. The summed E-state index contributed by atoms with van der Waals surface area (Å²) in [6.07, 6.45) is -6.20. The molecule has 2 heterocycles. The summed E-state index contributed by atoms with van der Waals surface area (Å²) in [5.74, 6) is -0.650. The van der Waals surface area contributed by atoms with Gasteiger partial charge in [-0.15, -0.1) is 0 Å². The number of hydrogen-bond donors (Lipinski definition) is 3. The van der Waals surface area contributed by atoms with Crippen molar-refractivity contribution in [1.82, 2.24) is 15.2 Å². The number of hydrogen-bond acceptors (Lipinski definition) is 4. The highest BCUT2D eigenvalue weighted by molar-refractivity contribution is 5.94. The topological polar surface area (TPSA) is 85.4 Å². The van der Waals surface area contributed by atoms with E-state index in [1.165, 1.54) is 11.0 Å². The lowest BCUT2D eigenvalue weighted by molar-refractivity contribution is -0.140. The van der Waals surface area contributed by atoms with Crippen LogP contribution in [0.5, 0.6) is 0 Å². The summed E-state index contributed by atoms with van der Waals surface area (Å²) in [6.45, 7) is 1.69. The zero-order chi connectivity index (χ0) is 21.9. The number of aliphatic hydroxyl groups excluding tert-OH is 1. The van der Waals surface area contributed by atoms with Crippen LogP contribution in [-0.2, 0) is 5.54 Å². The zero-order valence-corrected chi connectivity index (χ0v) is 16.5. The van der Waals surface area contributed by atoms with Crippen LogP contribution in [0.1, 0.15) is 34.5 Å². The number of aliphatic hydroxyl groups is 1. The second-order valence-corrected chi connectivity index (χ2v) is 7.61. The predicted octanol–water partition coefficient (Wildman–Crippen LogP) is 2.33. The molecule has 6 nitrogen and oxygen atoms in total. The summed E-state index contributed by atoms with van der Waals surface area (Å²) in [7, 11) is 0. The molecule has 3 N–H and O–H groups in total. The van der Waals surface area contributed by atoms with Gasteiger partial charge < -0.3 is 20.3 Å². The van der Waals surface area contributed by atoms with E-state index in [0.717, 1.165) is 0 Å². The van der Waals surface area contributed by atoms with Crippen molar-refractivity contribution in [2.75, 3.05) is 19.6 Å². The van der Waals surface area contributed by atoms with E-state index in [0.29, 0.717) is 11.3 Å². The zero-order valence-electron chi connectivity index (χ0n) is 16.5. The van der Waals surface area contributed by atoms with Gasteiger partial charge in [-0.1, -0.05) is 30.3 Å². The number of β-amino-alcohol motifs (C(OH)–C–C–N with tert-alkyl or cyclic N) is 1. The molecule has 9 heteroatoms. The number of carbonyl (C=O) groups is 1. The van der Waals surface area contributed by atoms with Crippen molar-refractivity contribution in [3.8, 4) is 0 Å². The molecular weight excluding hydrogens is 399 g/mol. The van der Waals surface area contributed by atoms with Gasteiger partial charge in [0.15, 0.2) is 0 Å². The normalized spacial score (nSPS) is 22.6. The Morgan fingerprint density at radius 1 is 1.27 bits per heavy atom. The third kappa shape index (κ3) is 4.91. The van der Waals surface area contributed by atoms with E-state index in [4.69, 9.17) is 0 Å². The van der Waals surface area contributed by atoms with Crippen LogP contribution in [0, 0.1) is 6.92 Å². The van der Waals surface area contributed by atoms with E-state index in [9.17, 15) is 27.9 Å². The largest absolute Gasteiger partial charge is 0.390 e. The number of piperidine rings is 1. The fourth-order valence-electron chi connectivity index (χ4n) is 3.79. The molecular formula is C21H24F3N3O3. The van der Waals surface area contributed by atoms with Crippen LogP contribution >= 0.6 is 0 Å². The lowest BCUT2D eigenvalue weighted by atomic mass is 9.78. The number of rotatable bonds is 5. The highest BCUT2D eigenvalue weighted by Crippen LogP contribution is 2.34. The number of alkyl halides is 3. The average molecular weight is 423 g/mol. The maximum Gasteiger partial charge on any atom is 0.390 e. The number of likely N-dealkylation sites (tertiary alicyclic amines) is 1. The van der Waals surface area contributed by atoms with Gasteiger partial charge in [0.05, 0.1) is 18.1 Å². The molecule has 1 amide bonds. The van der Waals surface area contributed by atoms with Crippen molar-refractivity contribution < 1.29 is 23.1 Å². The van der Waals surface area contributed by atoms with Crippen LogP contribution in [0.25, 0.3) is 0 Å². The van der Waals surface area contributed by atoms with Crippen LogP contribution < -0.4 is 10.9 Å². The average Bonchev–Trinajstić information content (AvgIpc) is 2.68. The Labute approximate surface area is 171 Å². The van der Waals surface area contributed by atoms with Crippen molar-refractivity contribution in [1.29, 1.82) is 0 Å². The van der Waals surface area contributed by atoms with Gasteiger partial charge in [-0.3, -0.25) is 9.59 Å². The second-order valence-electron chi connectivity index (χ2n) is 7.61. The molecule has 1 aliphatic rings. The molecule has 0 unspecified atom stereocenters. The Bertz CT molecular complexity index is 946. The van der Waals surface area contributed by atoms with Gasteiger partial charge in [0.25, 0.3) is 11.5 Å². The summed E-state index contributed by atoms with van der Waals surface area (Å²) < 4.78 is 37.7. The molecule has 0 radical (unpaired) electrons. The van der Waals surface area contributed by atoms with Gasteiger partial charge in [0.1, 0.15) is 5.56 Å². The molecule has 0 aliphatic carbocycles. The summed E-state index contributed by atoms with van der Waals surface area (Å²) in [4.78, 5) is 29.2. The Hall–Kier alpha value is -2.65. The minimum atomic E-state index is -4.28. The van der Waals surface area contributed by atoms with Gasteiger partial charge in [-0.25, -0.2) is 0 Å². The first-order valence-corrected chi connectivity index (χ1v) is 9.66. The second kappa shape index (κ2) is 8.61. The molecule has 162 valence electrons. The smallest absolute Gasteiger partial charge is 0.389 e.